The third-order valence-corrected chi connectivity index (χ3v) is 5.30. The summed E-state index contributed by atoms with van der Waals surface area (Å²) in [6, 6.07) is 0. The summed E-state index contributed by atoms with van der Waals surface area (Å²) in [5.74, 6) is -1.97. The van der Waals surface area contributed by atoms with Crippen LogP contribution in [0.1, 0.15) is 67.7 Å². The van der Waals surface area contributed by atoms with Crippen molar-refractivity contribution in [2.24, 2.45) is 16.2 Å². The van der Waals surface area contributed by atoms with Crippen molar-refractivity contribution >= 4 is 23.9 Å². The number of esters is 4. The Morgan fingerprint density at radius 1 is 0.806 bits per heavy atom. The van der Waals surface area contributed by atoms with E-state index in [1.54, 1.807) is 34.6 Å². The molecule has 0 aromatic rings. The van der Waals surface area contributed by atoms with Crippen LogP contribution in [0.2, 0.25) is 0 Å². The molecule has 0 saturated carbocycles. The van der Waals surface area contributed by atoms with Gasteiger partial charge in [-0.2, -0.15) is 0 Å². The van der Waals surface area contributed by atoms with Crippen LogP contribution in [0.15, 0.2) is 0 Å². The van der Waals surface area contributed by atoms with Gasteiger partial charge in [0.15, 0.2) is 6.29 Å². The monoisotopic (exact) mass is 446 g/mol. The van der Waals surface area contributed by atoms with Crippen LogP contribution in [0.3, 0.4) is 0 Å². The first-order valence-corrected chi connectivity index (χ1v) is 10.3. The average molecular weight is 447 g/mol. The average Bonchev–Trinajstić information content (AvgIpc) is 2.68. The Hall–Kier alpha value is -2.16. The molecule has 0 bridgehead atoms. The van der Waals surface area contributed by atoms with Gasteiger partial charge in [0.2, 0.25) is 0 Å². The van der Waals surface area contributed by atoms with E-state index in [1.165, 1.54) is 21.1 Å². The van der Waals surface area contributed by atoms with Crippen LogP contribution >= 0.6 is 0 Å². The fourth-order valence-electron chi connectivity index (χ4n) is 3.77. The van der Waals surface area contributed by atoms with Crippen LogP contribution in [0.25, 0.3) is 0 Å². The minimum Gasteiger partial charge on any atom is -0.469 e. The summed E-state index contributed by atoms with van der Waals surface area (Å²) in [6.07, 6.45) is -0.122. The lowest BCUT2D eigenvalue weighted by molar-refractivity contribution is -0.180. The molecular formula is C22H38O9. The van der Waals surface area contributed by atoms with Gasteiger partial charge in [-0.15, -0.1) is 0 Å². The molecule has 0 heterocycles. The molecular weight excluding hydrogens is 408 g/mol. The number of ether oxygens (including phenoxy) is 5. The van der Waals surface area contributed by atoms with Gasteiger partial charge in [0.05, 0.1) is 37.1 Å². The van der Waals surface area contributed by atoms with Crippen LogP contribution in [0.4, 0.5) is 0 Å². The molecule has 0 aliphatic rings. The number of hydrogen-bond acceptors (Lipinski definition) is 9. The van der Waals surface area contributed by atoms with Gasteiger partial charge in [-0.3, -0.25) is 19.2 Å². The van der Waals surface area contributed by atoms with E-state index in [-0.39, 0.29) is 26.1 Å². The van der Waals surface area contributed by atoms with Gasteiger partial charge in [-0.25, -0.2) is 0 Å². The summed E-state index contributed by atoms with van der Waals surface area (Å²) in [6.45, 7) is 11.3. The second kappa shape index (κ2) is 12.0. The lowest BCUT2D eigenvalue weighted by atomic mass is 9.65. The maximum atomic E-state index is 13.1. The van der Waals surface area contributed by atoms with Crippen LogP contribution in [0.5, 0.6) is 0 Å². The van der Waals surface area contributed by atoms with Gasteiger partial charge in [-0.1, -0.05) is 6.92 Å². The summed E-state index contributed by atoms with van der Waals surface area (Å²) < 4.78 is 25.4. The molecule has 180 valence electrons. The molecule has 9 heteroatoms. The van der Waals surface area contributed by atoms with Crippen molar-refractivity contribution in [3.05, 3.63) is 0 Å². The molecule has 9 nitrogen and oxygen atoms in total. The number of hydrogen-bond donors (Lipinski definition) is 0. The highest BCUT2D eigenvalue weighted by Gasteiger charge is 2.49. The standard InChI is InChI=1S/C22H38O9/c1-10-21(6,18(25)28-9)14-22(7,13-20(4,5)17(24)27-8)19(26)30-12-11-29-16(3)31-15(2)23/h16H,10-14H2,1-9H3. The molecule has 0 fully saturated rings. The Kier molecular flexibility index (Phi) is 11.2. The second-order valence-electron chi connectivity index (χ2n) is 8.88. The minimum absolute atomic E-state index is 0.0126. The number of methoxy groups -OCH3 is 2. The normalized spacial score (nSPS) is 16.3. The highest BCUT2D eigenvalue weighted by atomic mass is 16.7. The Morgan fingerprint density at radius 2 is 1.35 bits per heavy atom. The Balaban J connectivity index is 5.51. The third-order valence-electron chi connectivity index (χ3n) is 5.30. The second-order valence-corrected chi connectivity index (χ2v) is 8.88. The number of carbonyl (C=O) groups is 4. The zero-order valence-corrected chi connectivity index (χ0v) is 20.3. The lowest BCUT2D eigenvalue weighted by Crippen LogP contribution is -2.44. The van der Waals surface area contributed by atoms with Crippen molar-refractivity contribution in [3.8, 4) is 0 Å². The number of carbonyl (C=O) groups excluding carboxylic acids is 4. The van der Waals surface area contributed by atoms with E-state index < -0.39 is 46.4 Å². The number of rotatable bonds is 13. The van der Waals surface area contributed by atoms with E-state index in [0.717, 1.165) is 0 Å². The molecule has 3 unspecified atom stereocenters. The van der Waals surface area contributed by atoms with Gasteiger partial charge in [-0.05, 0) is 53.9 Å². The molecule has 0 rings (SSSR count). The SMILES string of the molecule is CCC(C)(CC(C)(CC(C)(C)C(=O)OC)C(=O)OCCOC(C)OC(C)=O)C(=O)OC. The lowest BCUT2D eigenvalue weighted by Gasteiger charge is -2.39. The van der Waals surface area contributed by atoms with Crippen molar-refractivity contribution in [3.63, 3.8) is 0 Å². The molecule has 0 saturated heterocycles. The topological polar surface area (TPSA) is 114 Å². The van der Waals surface area contributed by atoms with E-state index in [9.17, 15) is 19.2 Å². The summed E-state index contributed by atoms with van der Waals surface area (Å²) in [5, 5.41) is 0. The zero-order chi connectivity index (χ0) is 24.5. The Morgan fingerprint density at radius 3 is 1.81 bits per heavy atom. The predicted octanol–water partition coefficient (Wildman–Crippen LogP) is 3.03. The first-order chi connectivity index (χ1) is 14.2. The fourth-order valence-corrected chi connectivity index (χ4v) is 3.77. The molecule has 31 heavy (non-hydrogen) atoms. The molecule has 0 aromatic carbocycles. The summed E-state index contributed by atoms with van der Waals surface area (Å²) in [7, 11) is 2.58. The summed E-state index contributed by atoms with van der Waals surface area (Å²) in [5.41, 5.74) is -3.12. The minimum atomic E-state index is -1.18. The van der Waals surface area contributed by atoms with Crippen LogP contribution in [0, 0.1) is 16.2 Å². The van der Waals surface area contributed by atoms with Crippen molar-refractivity contribution in [1.82, 2.24) is 0 Å². The third kappa shape index (κ3) is 8.85. The van der Waals surface area contributed by atoms with Crippen LogP contribution in [-0.2, 0) is 42.9 Å². The first kappa shape index (κ1) is 28.8. The van der Waals surface area contributed by atoms with E-state index in [2.05, 4.69) is 0 Å². The maximum absolute atomic E-state index is 13.1. The molecule has 3 atom stereocenters. The van der Waals surface area contributed by atoms with Gasteiger partial charge in [0, 0.05) is 6.92 Å². The van der Waals surface area contributed by atoms with Crippen molar-refractivity contribution in [2.75, 3.05) is 27.4 Å². The van der Waals surface area contributed by atoms with E-state index >= 15 is 0 Å². The smallest absolute Gasteiger partial charge is 0.311 e. The quantitative estimate of drug-likeness (QED) is 0.182. The highest BCUT2D eigenvalue weighted by molar-refractivity contribution is 5.82. The molecule has 0 aliphatic heterocycles. The van der Waals surface area contributed by atoms with Gasteiger partial charge in [0.1, 0.15) is 6.61 Å². The van der Waals surface area contributed by atoms with E-state index in [1.807, 2.05) is 6.92 Å². The van der Waals surface area contributed by atoms with Crippen LogP contribution < -0.4 is 0 Å². The molecule has 0 spiro atoms. The largest absolute Gasteiger partial charge is 0.469 e. The van der Waals surface area contributed by atoms with Crippen molar-refractivity contribution in [1.29, 1.82) is 0 Å². The van der Waals surface area contributed by atoms with Gasteiger partial charge >= 0.3 is 23.9 Å². The summed E-state index contributed by atoms with van der Waals surface area (Å²) >= 11 is 0. The molecule has 0 radical (unpaired) electrons. The van der Waals surface area contributed by atoms with E-state index in [4.69, 9.17) is 23.7 Å². The van der Waals surface area contributed by atoms with Crippen LogP contribution in [-0.4, -0.2) is 57.6 Å². The highest BCUT2D eigenvalue weighted by Crippen LogP contribution is 2.45. The molecule has 0 aromatic heterocycles. The first-order valence-electron chi connectivity index (χ1n) is 10.3. The molecule has 0 aliphatic carbocycles. The van der Waals surface area contributed by atoms with Gasteiger partial charge < -0.3 is 23.7 Å². The zero-order valence-electron chi connectivity index (χ0n) is 20.3. The predicted molar refractivity (Wildman–Crippen MR) is 112 cm³/mol. The fraction of sp³-hybridized carbons (Fsp3) is 0.818. The van der Waals surface area contributed by atoms with E-state index in [0.29, 0.717) is 6.42 Å². The van der Waals surface area contributed by atoms with Gasteiger partial charge in [0.25, 0.3) is 0 Å². The Bertz CT molecular complexity index is 643. The Labute approximate surface area is 185 Å². The van der Waals surface area contributed by atoms with Crippen molar-refractivity contribution < 1.29 is 42.9 Å². The molecule has 0 N–H and O–H groups in total. The van der Waals surface area contributed by atoms with Crippen molar-refractivity contribution in [2.45, 2.75) is 74.0 Å². The summed E-state index contributed by atoms with van der Waals surface area (Å²) in [4.78, 5) is 48.7. The maximum Gasteiger partial charge on any atom is 0.311 e. The molecule has 0 amide bonds.